The predicted octanol–water partition coefficient (Wildman–Crippen LogP) is 3.74. The highest BCUT2D eigenvalue weighted by Crippen LogP contribution is 2.35. The van der Waals surface area contributed by atoms with Gasteiger partial charge in [0.05, 0.1) is 5.92 Å². The van der Waals surface area contributed by atoms with Gasteiger partial charge >= 0.3 is 6.18 Å². The lowest BCUT2D eigenvalue weighted by Crippen LogP contribution is -2.40. The quantitative estimate of drug-likeness (QED) is 0.759. The molecule has 1 aromatic rings. The van der Waals surface area contributed by atoms with Gasteiger partial charge < -0.3 is 5.32 Å². The Hall–Kier alpha value is -1.10. The molecule has 0 aliphatic carbocycles. The van der Waals surface area contributed by atoms with Crippen LogP contribution < -0.4 is 5.32 Å². The SMILES string of the molecule is Cc1cc(C2CCC(C(F)(F)F)CN2)ccc1F. The summed E-state index contributed by atoms with van der Waals surface area (Å²) in [6.07, 6.45) is -3.58. The summed E-state index contributed by atoms with van der Waals surface area (Å²) >= 11 is 0. The van der Waals surface area contributed by atoms with Crippen LogP contribution in [0.25, 0.3) is 0 Å². The normalized spacial score (nSPS) is 25.2. The van der Waals surface area contributed by atoms with Crippen molar-refractivity contribution in [3.63, 3.8) is 0 Å². The molecule has 1 aliphatic rings. The summed E-state index contributed by atoms with van der Waals surface area (Å²) in [6, 6.07) is 4.58. The Kier molecular flexibility index (Phi) is 3.61. The number of alkyl halides is 3. The summed E-state index contributed by atoms with van der Waals surface area (Å²) in [5.41, 5.74) is 1.38. The van der Waals surface area contributed by atoms with Crippen LogP contribution in [-0.4, -0.2) is 12.7 Å². The minimum Gasteiger partial charge on any atom is -0.309 e. The lowest BCUT2D eigenvalue weighted by Gasteiger charge is -2.31. The summed E-state index contributed by atoms with van der Waals surface area (Å²) in [4.78, 5) is 0. The molecule has 18 heavy (non-hydrogen) atoms. The summed E-state index contributed by atoms with van der Waals surface area (Å²) < 4.78 is 50.6. The second-order valence-corrected chi connectivity index (χ2v) is 4.79. The van der Waals surface area contributed by atoms with Crippen LogP contribution in [0.2, 0.25) is 0 Å². The second kappa shape index (κ2) is 4.88. The summed E-state index contributed by atoms with van der Waals surface area (Å²) in [6.45, 7) is 1.59. The topological polar surface area (TPSA) is 12.0 Å². The van der Waals surface area contributed by atoms with Crippen molar-refractivity contribution in [2.45, 2.75) is 32.0 Å². The van der Waals surface area contributed by atoms with Gasteiger partial charge in [-0.15, -0.1) is 0 Å². The summed E-state index contributed by atoms with van der Waals surface area (Å²) in [5.74, 6) is -1.56. The molecule has 1 saturated heterocycles. The molecule has 1 fully saturated rings. The molecule has 0 aromatic heterocycles. The number of benzene rings is 1. The predicted molar refractivity (Wildman–Crippen MR) is 60.7 cm³/mol. The number of halogens is 4. The van der Waals surface area contributed by atoms with Crippen LogP contribution in [0.4, 0.5) is 17.6 Å². The molecule has 1 heterocycles. The van der Waals surface area contributed by atoms with E-state index in [9.17, 15) is 17.6 Å². The number of nitrogens with one attached hydrogen (secondary N) is 1. The molecule has 0 saturated carbocycles. The zero-order valence-corrected chi connectivity index (χ0v) is 10.0. The van der Waals surface area contributed by atoms with Crippen LogP contribution in [-0.2, 0) is 0 Å². The van der Waals surface area contributed by atoms with Gasteiger partial charge in [-0.05, 0) is 37.0 Å². The van der Waals surface area contributed by atoms with Crippen LogP contribution >= 0.6 is 0 Å². The molecule has 1 N–H and O–H groups in total. The number of rotatable bonds is 1. The van der Waals surface area contributed by atoms with Gasteiger partial charge in [-0.1, -0.05) is 12.1 Å². The minimum absolute atomic E-state index is 0.0649. The first kappa shape index (κ1) is 13.3. The van der Waals surface area contributed by atoms with E-state index in [-0.39, 0.29) is 24.8 Å². The van der Waals surface area contributed by atoms with Crippen molar-refractivity contribution >= 4 is 0 Å². The average Bonchev–Trinajstić information content (AvgIpc) is 2.32. The highest BCUT2D eigenvalue weighted by Gasteiger charge is 2.41. The Morgan fingerprint density at radius 3 is 2.44 bits per heavy atom. The summed E-state index contributed by atoms with van der Waals surface area (Å²) in [5, 5.41) is 2.90. The standard InChI is InChI=1S/C13H15F4N/c1-8-6-9(2-4-11(8)14)12-5-3-10(7-18-12)13(15,16)17/h2,4,6,10,12,18H,3,5,7H2,1H3. The third-order valence-corrected chi connectivity index (χ3v) is 3.46. The second-order valence-electron chi connectivity index (χ2n) is 4.79. The fourth-order valence-corrected chi connectivity index (χ4v) is 2.31. The van der Waals surface area contributed by atoms with E-state index in [0.717, 1.165) is 5.56 Å². The Labute approximate surface area is 103 Å². The maximum absolute atomic E-state index is 13.1. The monoisotopic (exact) mass is 261 g/mol. The zero-order valence-electron chi connectivity index (χ0n) is 10.0. The molecular weight excluding hydrogens is 246 g/mol. The van der Waals surface area contributed by atoms with Crippen LogP contribution in [0.3, 0.4) is 0 Å². The van der Waals surface area contributed by atoms with Crippen LogP contribution in [0, 0.1) is 18.7 Å². The van der Waals surface area contributed by atoms with E-state index in [1.54, 1.807) is 19.1 Å². The molecule has 0 spiro atoms. The van der Waals surface area contributed by atoms with Crippen LogP contribution in [0.15, 0.2) is 18.2 Å². The molecule has 2 unspecified atom stereocenters. The van der Waals surface area contributed by atoms with Crippen molar-refractivity contribution in [3.8, 4) is 0 Å². The molecule has 2 atom stereocenters. The minimum atomic E-state index is -4.13. The Morgan fingerprint density at radius 1 is 1.22 bits per heavy atom. The van der Waals surface area contributed by atoms with Gasteiger partial charge in [0.25, 0.3) is 0 Å². The average molecular weight is 261 g/mol. The first-order valence-electron chi connectivity index (χ1n) is 5.94. The van der Waals surface area contributed by atoms with E-state index in [0.29, 0.717) is 12.0 Å². The van der Waals surface area contributed by atoms with Crippen molar-refractivity contribution in [1.29, 1.82) is 0 Å². The van der Waals surface area contributed by atoms with Gasteiger partial charge in [-0.25, -0.2) is 4.39 Å². The highest BCUT2D eigenvalue weighted by atomic mass is 19.4. The fourth-order valence-electron chi connectivity index (χ4n) is 2.31. The van der Waals surface area contributed by atoms with Gasteiger partial charge in [0.15, 0.2) is 0 Å². The van der Waals surface area contributed by atoms with Gasteiger partial charge in [0.2, 0.25) is 0 Å². The third kappa shape index (κ3) is 2.83. The number of hydrogen-bond donors (Lipinski definition) is 1. The number of aryl methyl sites for hydroxylation is 1. The molecule has 5 heteroatoms. The van der Waals surface area contributed by atoms with Gasteiger partial charge in [-0.3, -0.25) is 0 Å². The third-order valence-electron chi connectivity index (χ3n) is 3.46. The molecular formula is C13H15F4N. The van der Waals surface area contributed by atoms with Crippen molar-refractivity contribution < 1.29 is 17.6 Å². The van der Waals surface area contributed by atoms with E-state index < -0.39 is 12.1 Å². The van der Waals surface area contributed by atoms with Crippen molar-refractivity contribution in [2.24, 2.45) is 5.92 Å². The first-order chi connectivity index (χ1) is 8.38. The fraction of sp³-hybridized carbons (Fsp3) is 0.538. The van der Waals surface area contributed by atoms with E-state index in [1.165, 1.54) is 6.07 Å². The smallest absolute Gasteiger partial charge is 0.309 e. The van der Waals surface area contributed by atoms with E-state index in [4.69, 9.17) is 0 Å². The Morgan fingerprint density at radius 2 is 1.94 bits per heavy atom. The van der Waals surface area contributed by atoms with E-state index in [1.807, 2.05) is 0 Å². The van der Waals surface area contributed by atoms with Gasteiger partial charge in [0.1, 0.15) is 5.82 Å². The molecule has 0 bridgehead atoms. The van der Waals surface area contributed by atoms with Crippen molar-refractivity contribution in [3.05, 3.63) is 35.1 Å². The first-order valence-corrected chi connectivity index (χ1v) is 5.94. The molecule has 0 radical (unpaired) electrons. The molecule has 1 aliphatic heterocycles. The van der Waals surface area contributed by atoms with Crippen molar-refractivity contribution in [1.82, 2.24) is 5.32 Å². The highest BCUT2D eigenvalue weighted by molar-refractivity contribution is 5.26. The number of piperidine rings is 1. The lowest BCUT2D eigenvalue weighted by atomic mass is 9.90. The molecule has 0 amide bonds. The largest absolute Gasteiger partial charge is 0.393 e. The van der Waals surface area contributed by atoms with E-state index in [2.05, 4.69) is 5.32 Å². The summed E-state index contributed by atoms with van der Waals surface area (Å²) in [7, 11) is 0. The molecule has 2 rings (SSSR count). The maximum Gasteiger partial charge on any atom is 0.393 e. The zero-order chi connectivity index (χ0) is 13.3. The Bertz CT molecular complexity index is 419. The van der Waals surface area contributed by atoms with Crippen molar-refractivity contribution in [2.75, 3.05) is 6.54 Å². The molecule has 1 nitrogen and oxygen atoms in total. The maximum atomic E-state index is 13.1. The van der Waals surface area contributed by atoms with E-state index >= 15 is 0 Å². The van der Waals surface area contributed by atoms with Gasteiger partial charge in [0, 0.05) is 12.6 Å². The van der Waals surface area contributed by atoms with Crippen LogP contribution in [0.5, 0.6) is 0 Å². The Balaban J connectivity index is 2.03. The van der Waals surface area contributed by atoms with Gasteiger partial charge in [-0.2, -0.15) is 13.2 Å². The number of hydrogen-bond acceptors (Lipinski definition) is 1. The van der Waals surface area contributed by atoms with Crippen LogP contribution in [0.1, 0.15) is 30.0 Å². The molecule has 1 aromatic carbocycles. The lowest BCUT2D eigenvalue weighted by molar-refractivity contribution is -0.179. The molecule has 100 valence electrons.